The number of furan rings is 1. The molecule has 1 aromatic carbocycles. The molecule has 8 heteroatoms. The van der Waals surface area contributed by atoms with Crippen LogP contribution in [-0.4, -0.2) is 34.8 Å². The van der Waals surface area contributed by atoms with Crippen molar-refractivity contribution in [1.82, 2.24) is 9.88 Å². The molecule has 0 unspecified atom stereocenters. The zero-order chi connectivity index (χ0) is 20.5. The van der Waals surface area contributed by atoms with Crippen LogP contribution in [0.15, 0.2) is 57.6 Å². The van der Waals surface area contributed by atoms with Gasteiger partial charge in [0.2, 0.25) is 5.91 Å². The van der Waals surface area contributed by atoms with Crippen molar-refractivity contribution >= 4 is 50.6 Å². The number of thiazole rings is 1. The average molecular weight is 438 g/mol. The predicted molar refractivity (Wildman–Crippen MR) is 119 cm³/mol. The Morgan fingerprint density at radius 3 is 2.70 bits per heavy atom. The van der Waals surface area contributed by atoms with E-state index in [4.69, 9.17) is 4.42 Å². The summed E-state index contributed by atoms with van der Waals surface area (Å²) in [5.74, 6) is 0.590. The van der Waals surface area contributed by atoms with Gasteiger partial charge in [0.05, 0.1) is 4.88 Å². The summed E-state index contributed by atoms with van der Waals surface area (Å²) in [4.78, 5) is 32.2. The maximum absolute atomic E-state index is 12.7. The van der Waals surface area contributed by atoms with Gasteiger partial charge in [0.1, 0.15) is 11.3 Å². The number of aromatic nitrogens is 1. The van der Waals surface area contributed by atoms with E-state index in [0.717, 1.165) is 15.8 Å². The molecule has 152 valence electrons. The molecule has 30 heavy (non-hydrogen) atoms. The number of hydrogen-bond acceptors (Lipinski definition) is 6. The minimum atomic E-state index is -0.115. The summed E-state index contributed by atoms with van der Waals surface area (Å²) in [6.45, 7) is 1.19. The third-order valence-electron chi connectivity index (χ3n) is 5.30. The number of thiophene rings is 1. The quantitative estimate of drug-likeness (QED) is 0.481. The Labute approximate surface area is 181 Å². The molecule has 0 bridgehead atoms. The second-order valence-electron chi connectivity index (χ2n) is 7.22. The Hall–Kier alpha value is -2.97. The van der Waals surface area contributed by atoms with Crippen LogP contribution in [0.2, 0.25) is 0 Å². The van der Waals surface area contributed by atoms with Crippen molar-refractivity contribution in [2.75, 3.05) is 18.4 Å². The summed E-state index contributed by atoms with van der Waals surface area (Å²) in [5, 5.41) is 8.31. The molecule has 5 rings (SSSR count). The number of para-hydroxylation sites is 1. The Morgan fingerprint density at radius 1 is 1.10 bits per heavy atom. The summed E-state index contributed by atoms with van der Waals surface area (Å²) in [5.41, 5.74) is 1.53. The summed E-state index contributed by atoms with van der Waals surface area (Å²) >= 11 is 2.83. The van der Waals surface area contributed by atoms with Crippen LogP contribution in [0.25, 0.3) is 22.4 Å². The number of hydrogen-bond donors (Lipinski definition) is 1. The smallest absolute Gasteiger partial charge is 0.263 e. The molecule has 0 spiro atoms. The predicted octanol–water partition coefficient (Wildman–Crippen LogP) is 5.11. The van der Waals surface area contributed by atoms with E-state index in [2.05, 4.69) is 10.3 Å². The van der Waals surface area contributed by atoms with Gasteiger partial charge in [-0.3, -0.25) is 9.59 Å². The highest BCUT2D eigenvalue weighted by molar-refractivity contribution is 7.14. The van der Waals surface area contributed by atoms with Gasteiger partial charge in [0.15, 0.2) is 10.9 Å². The van der Waals surface area contributed by atoms with Gasteiger partial charge in [-0.15, -0.1) is 22.7 Å². The Morgan fingerprint density at radius 2 is 1.93 bits per heavy atom. The standard InChI is InChI=1S/C22H19N3O3S2/c26-20(14-7-9-25(10-8-14)21(27)19-6-3-11-29-19)24-22-23-16(13-30-22)18-12-15-4-1-2-5-17(15)28-18/h1-6,11-14H,7-10H2,(H,23,24,26). The van der Waals surface area contributed by atoms with Crippen molar-refractivity contribution in [1.29, 1.82) is 0 Å². The molecule has 1 saturated heterocycles. The lowest BCUT2D eigenvalue weighted by Gasteiger charge is -2.30. The average Bonchev–Trinajstić information content (AvgIpc) is 3.53. The number of carbonyl (C=O) groups is 2. The SMILES string of the molecule is O=C(Nc1nc(-c2cc3ccccc3o2)cs1)C1CCN(C(=O)c2cccs2)CC1. The Bertz CT molecular complexity index is 1150. The maximum Gasteiger partial charge on any atom is 0.263 e. The third-order valence-corrected chi connectivity index (χ3v) is 6.91. The minimum Gasteiger partial charge on any atom is -0.454 e. The second kappa shape index (κ2) is 8.04. The normalized spacial score (nSPS) is 14.9. The van der Waals surface area contributed by atoms with Gasteiger partial charge in [-0.2, -0.15) is 0 Å². The molecule has 1 aliphatic rings. The van der Waals surface area contributed by atoms with Crippen LogP contribution in [0.3, 0.4) is 0 Å². The van der Waals surface area contributed by atoms with Crippen molar-refractivity contribution in [3.8, 4) is 11.5 Å². The lowest BCUT2D eigenvalue weighted by atomic mass is 9.96. The number of nitrogens with zero attached hydrogens (tertiary/aromatic N) is 2. The van der Waals surface area contributed by atoms with E-state index in [9.17, 15) is 9.59 Å². The fraction of sp³-hybridized carbons (Fsp3) is 0.227. The number of anilines is 1. The molecular weight excluding hydrogens is 418 g/mol. The number of fused-ring (bicyclic) bond motifs is 1. The Kier molecular flexibility index (Phi) is 5.10. The van der Waals surface area contributed by atoms with Crippen LogP contribution in [0.5, 0.6) is 0 Å². The van der Waals surface area contributed by atoms with Crippen LogP contribution in [-0.2, 0) is 4.79 Å². The molecule has 0 radical (unpaired) electrons. The van der Waals surface area contributed by atoms with E-state index in [1.54, 1.807) is 0 Å². The van der Waals surface area contributed by atoms with Gasteiger partial charge in [-0.1, -0.05) is 24.3 Å². The van der Waals surface area contributed by atoms with E-state index in [-0.39, 0.29) is 17.7 Å². The lowest BCUT2D eigenvalue weighted by molar-refractivity contribution is -0.121. The molecule has 1 fully saturated rings. The second-order valence-corrected chi connectivity index (χ2v) is 9.03. The summed E-state index contributed by atoms with van der Waals surface area (Å²) in [6, 6.07) is 13.5. The fourth-order valence-electron chi connectivity index (χ4n) is 3.66. The van der Waals surface area contributed by atoms with Crippen LogP contribution in [0.1, 0.15) is 22.5 Å². The number of nitrogens with one attached hydrogen (secondary N) is 1. The molecule has 3 aromatic heterocycles. The Balaban J connectivity index is 1.20. The number of carbonyl (C=O) groups excluding carboxylic acids is 2. The molecular formula is C22H19N3O3S2. The first kappa shape index (κ1) is 19.0. The summed E-state index contributed by atoms with van der Waals surface area (Å²) in [6.07, 6.45) is 1.31. The molecule has 0 atom stereocenters. The summed E-state index contributed by atoms with van der Waals surface area (Å²) in [7, 11) is 0. The summed E-state index contributed by atoms with van der Waals surface area (Å²) < 4.78 is 5.85. The molecule has 4 aromatic rings. The van der Waals surface area contributed by atoms with Gasteiger partial charge < -0.3 is 14.6 Å². The monoisotopic (exact) mass is 437 g/mol. The highest BCUT2D eigenvalue weighted by Crippen LogP contribution is 2.31. The lowest BCUT2D eigenvalue weighted by Crippen LogP contribution is -2.41. The van der Waals surface area contributed by atoms with Gasteiger partial charge in [0, 0.05) is 29.8 Å². The molecule has 1 N–H and O–H groups in total. The first-order valence-electron chi connectivity index (χ1n) is 9.75. The molecule has 1 aliphatic heterocycles. The molecule has 0 aliphatic carbocycles. The number of amides is 2. The van der Waals surface area contributed by atoms with E-state index in [1.807, 2.05) is 58.1 Å². The molecule has 4 heterocycles. The number of benzene rings is 1. The van der Waals surface area contributed by atoms with Gasteiger partial charge in [-0.25, -0.2) is 4.98 Å². The van der Waals surface area contributed by atoms with Gasteiger partial charge in [-0.05, 0) is 36.4 Å². The molecule has 0 saturated carbocycles. The van der Waals surface area contributed by atoms with Crippen molar-refractivity contribution < 1.29 is 14.0 Å². The maximum atomic E-state index is 12.7. The largest absolute Gasteiger partial charge is 0.454 e. The van der Waals surface area contributed by atoms with Crippen LogP contribution >= 0.6 is 22.7 Å². The van der Waals surface area contributed by atoms with Gasteiger partial charge in [0.25, 0.3) is 5.91 Å². The van der Waals surface area contributed by atoms with Crippen molar-refractivity contribution in [2.24, 2.45) is 5.92 Å². The zero-order valence-electron chi connectivity index (χ0n) is 16.0. The number of piperidine rings is 1. The highest BCUT2D eigenvalue weighted by Gasteiger charge is 2.28. The minimum absolute atomic E-state index is 0.0382. The van der Waals surface area contributed by atoms with E-state index in [0.29, 0.717) is 42.5 Å². The topological polar surface area (TPSA) is 75.4 Å². The van der Waals surface area contributed by atoms with Crippen LogP contribution in [0, 0.1) is 5.92 Å². The van der Waals surface area contributed by atoms with Crippen molar-refractivity contribution in [2.45, 2.75) is 12.8 Å². The van der Waals surface area contributed by atoms with E-state index in [1.165, 1.54) is 22.7 Å². The number of likely N-dealkylation sites (tertiary alicyclic amines) is 1. The third kappa shape index (κ3) is 3.76. The van der Waals surface area contributed by atoms with E-state index < -0.39 is 0 Å². The fourth-order valence-corrected chi connectivity index (χ4v) is 5.05. The first-order valence-corrected chi connectivity index (χ1v) is 11.5. The van der Waals surface area contributed by atoms with Crippen LogP contribution in [0.4, 0.5) is 5.13 Å². The van der Waals surface area contributed by atoms with E-state index >= 15 is 0 Å². The number of rotatable bonds is 4. The van der Waals surface area contributed by atoms with Crippen LogP contribution < -0.4 is 5.32 Å². The zero-order valence-corrected chi connectivity index (χ0v) is 17.7. The van der Waals surface area contributed by atoms with Crippen molar-refractivity contribution in [3.63, 3.8) is 0 Å². The highest BCUT2D eigenvalue weighted by atomic mass is 32.1. The van der Waals surface area contributed by atoms with Gasteiger partial charge >= 0.3 is 0 Å². The van der Waals surface area contributed by atoms with Crippen molar-refractivity contribution in [3.05, 3.63) is 58.1 Å². The molecule has 2 amide bonds. The molecule has 6 nitrogen and oxygen atoms in total. The first-order chi connectivity index (χ1) is 14.7.